The Kier molecular flexibility index (Phi) is 17.6. The van der Waals surface area contributed by atoms with Gasteiger partial charge in [-0.1, -0.05) is 99.0 Å². The molecule has 2 nitrogen and oxygen atoms in total. The third-order valence-corrected chi connectivity index (χ3v) is 12.7. The predicted molar refractivity (Wildman–Crippen MR) is 182 cm³/mol. The molecule has 0 aromatic heterocycles. The normalized spacial score (nSPS) is 11.6. The van der Waals surface area contributed by atoms with E-state index in [0.29, 0.717) is 0 Å². The molecule has 232 valence electrons. The summed E-state index contributed by atoms with van der Waals surface area (Å²) in [7, 11) is -1.75. The van der Waals surface area contributed by atoms with Gasteiger partial charge >= 0.3 is 0 Å². The van der Waals surface area contributed by atoms with Gasteiger partial charge in [0.2, 0.25) is 0 Å². The molecule has 4 heteroatoms. The van der Waals surface area contributed by atoms with Crippen molar-refractivity contribution in [2.24, 2.45) is 0 Å². The van der Waals surface area contributed by atoms with Crippen molar-refractivity contribution in [2.75, 3.05) is 19.4 Å². The molecule has 0 amide bonds. The van der Waals surface area contributed by atoms with E-state index in [1.165, 1.54) is 90.1 Å². The maximum absolute atomic E-state index is 6.04. The molecule has 0 aliphatic rings. The quantitative estimate of drug-likeness (QED) is 0.0815. The monoisotopic (exact) mass is 610 g/mol. The number of halogens is 1. The average molecular weight is 611 g/mol. The van der Waals surface area contributed by atoms with E-state index in [9.17, 15) is 0 Å². The molecule has 0 saturated heterocycles. The number of ether oxygens (including phenoxy) is 2. The first-order valence-electron chi connectivity index (χ1n) is 16.3. The number of unbranched alkanes of at least 4 members (excludes halogenated alkanes) is 7. The van der Waals surface area contributed by atoms with Crippen LogP contribution in [0.2, 0.25) is 0 Å². The van der Waals surface area contributed by atoms with Crippen LogP contribution in [0.25, 0.3) is 0 Å². The van der Waals surface area contributed by atoms with E-state index in [2.05, 4.69) is 107 Å². The molecule has 0 saturated carbocycles. The Morgan fingerprint density at radius 3 is 1.24 bits per heavy atom. The minimum absolute atomic E-state index is 0. The molecule has 0 fully saturated rings. The van der Waals surface area contributed by atoms with E-state index in [4.69, 9.17) is 9.47 Å². The Bertz CT molecular complexity index is 975. The smallest absolute Gasteiger partial charge is 0.157 e. The molecule has 0 atom stereocenters. The van der Waals surface area contributed by atoms with Crippen molar-refractivity contribution in [2.45, 2.75) is 112 Å². The minimum atomic E-state index is -1.75. The molecule has 3 aromatic rings. The molecular formula is C38H56ClO2P. The van der Waals surface area contributed by atoms with Crippen molar-refractivity contribution in [1.29, 1.82) is 0 Å². The Labute approximate surface area is 264 Å². The van der Waals surface area contributed by atoms with Gasteiger partial charge in [-0.3, -0.25) is 0 Å². The summed E-state index contributed by atoms with van der Waals surface area (Å²) in [5.41, 5.74) is 3.98. The molecule has 0 radical (unpaired) electrons. The first kappa shape index (κ1) is 36.5. The lowest BCUT2D eigenvalue weighted by atomic mass is 10.1. The van der Waals surface area contributed by atoms with E-state index in [1.54, 1.807) is 0 Å². The lowest BCUT2D eigenvalue weighted by Gasteiger charge is -2.28. The van der Waals surface area contributed by atoms with Gasteiger partial charge in [0.1, 0.15) is 23.2 Å². The van der Waals surface area contributed by atoms with Gasteiger partial charge in [0.15, 0.2) is 6.29 Å². The summed E-state index contributed by atoms with van der Waals surface area (Å²) >= 11 is 0. The fourth-order valence-electron chi connectivity index (χ4n) is 5.53. The zero-order valence-electron chi connectivity index (χ0n) is 27.0. The van der Waals surface area contributed by atoms with E-state index < -0.39 is 7.26 Å². The number of rotatable bonds is 20. The second-order valence-corrected chi connectivity index (χ2v) is 15.4. The van der Waals surface area contributed by atoms with Crippen LogP contribution in [0.1, 0.15) is 101 Å². The third kappa shape index (κ3) is 11.4. The molecule has 42 heavy (non-hydrogen) atoms. The minimum Gasteiger partial charge on any atom is -1.00 e. The SMILES string of the molecule is CCCCOC(CCCCCCCC[P+](c1ccc(C)cc1)(c1ccc(C)cc1)c1ccc(C)cc1)OCCCC.[Cl-]. The average Bonchev–Trinajstić information content (AvgIpc) is 2.98. The molecule has 0 aliphatic carbocycles. The molecule has 0 N–H and O–H groups in total. The van der Waals surface area contributed by atoms with Gasteiger partial charge in [-0.15, -0.1) is 0 Å². The van der Waals surface area contributed by atoms with E-state index in [-0.39, 0.29) is 18.7 Å². The van der Waals surface area contributed by atoms with Gasteiger partial charge in [-0.2, -0.15) is 0 Å². The molecule has 3 aromatic carbocycles. The van der Waals surface area contributed by atoms with Crippen molar-refractivity contribution < 1.29 is 21.9 Å². The molecule has 0 aliphatic heterocycles. The molecule has 0 heterocycles. The highest BCUT2D eigenvalue weighted by Crippen LogP contribution is 2.56. The summed E-state index contributed by atoms with van der Waals surface area (Å²) in [6.07, 6.45) is 14.4. The lowest BCUT2D eigenvalue weighted by molar-refractivity contribution is -0.147. The van der Waals surface area contributed by atoms with Gasteiger partial charge in [-0.05, 0) is 95.7 Å². The predicted octanol–water partition coefficient (Wildman–Crippen LogP) is 6.60. The van der Waals surface area contributed by atoms with E-state index >= 15 is 0 Å². The van der Waals surface area contributed by atoms with Crippen LogP contribution in [-0.4, -0.2) is 25.7 Å². The fraction of sp³-hybridized carbons (Fsp3) is 0.526. The van der Waals surface area contributed by atoms with Crippen LogP contribution in [0, 0.1) is 20.8 Å². The molecule has 0 unspecified atom stereocenters. The number of benzene rings is 3. The Balaban J connectivity index is 0.00000616. The van der Waals surface area contributed by atoms with E-state index in [1.807, 2.05) is 0 Å². The van der Waals surface area contributed by atoms with Gasteiger partial charge < -0.3 is 21.9 Å². The van der Waals surface area contributed by atoms with Crippen molar-refractivity contribution in [3.8, 4) is 0 Å². The zero-order valence-corrected chi connectivity index (χ0v) is 28.7. The Hall–Kier alpha value is -1.70. The van der Waals surface area contributed by atoms with Gasteiger partial charge in [0.25, 0.3) is 0 Å². The topological polar surface area (TPSA) is 18.5 Å². The van der Waals surface area contributed by atoms with Crippen LogP contribution in [0.15, 0.2) is 72.8 Å². The van der Waals surface area contributed by atoms with E-state index in [0.717, 1.165) is 32.5 Å². The first-order chi connectivity index (χ1) is 20.0. The van der Waals surface area contributed by atoms with Crippen LogP contribution in [-0.2, 0) is 9.47 Å². The summed E-state index contributed by atoms with van der Waals surface area (Å²) in [4.78, 5) is 0. The Morgan fingerprint density at radius 2 is 0.857 bits per heavy atom. The molecule has 0 bridgehead atoms. The highest BCUT2D eigenvalue weighted by atomic mass is 35.5. The first-order valence-corrected chi connectivity index (χ1v) is 18.3. The number of hydrogen-bond acceptors (Lipinski definition) is 2. The number of hydrogen-bond donors (Lipinski definition) is 0. The lowest BCUT2D eigenvalue weighted by Crippen LogP contribution is -3.00. The maximum Gasteiger partial charge on any atom is 0.157 e. The van der Waals surface area contributed by atoms with Crippen molar-refractivity contribution in [3.63, 3.8) is 0 Å². The molecule has 0 spiro atoms. The number of aryl methyl sites for hydroxylation is 3. The summed E-state index contributed by atoms with van der Waals surface area (Å²) in [6.45, 7) is 12.6. The Morgan fingerprint density at radius 1 is 0.500 bits per heavy atom. The zero-order chi connectivity index (χ0) is 29.3. The van der Waals surface area contributed by atoms with Crippen molar-refractivity contribution in [3.05, 3.63) is 89.5 Å². The van der Waals surface area contributed by atoms with Crippen LogP contribution in [0.3, 0.4) is 0 Å². The summed E-state index contributed by atoms with van der Waals surface area (Å²) < 4.78 is 12.1. The second-order valence-electron chi connectivity index (χ2n) is 11.8. The highest BCUT2D eigenvalue weighted by Gasteiger charge is 2.44. The maximum atomic E-state index is 6.04. The summed E-state index contributed by atoms with van der Waals surface area (Å²) in [6, 6.07) is 28.3. The van der Waals surface area contributed by atoms with Crippen LogP contribution in [0.4, 0.5) is 0 Å². The largest absolute Gasteiger partial charge is 1.00 e. The summed E-state index contributed by atoms with van der Waals surface area (Å²) in [5, 5.41) is 4.52. The van der Waals surface area contributed by atoms with Crippen LogP contribution < -0.4 is 28.3 Å². The molecular weight excluding hydrogens is 555 g/mol. The van der Waals surface area contributed by atoms with Crippen molar-refractivity contribution >= 4 is 23.2 Å². The highest BCUT2D eigenvalue weighted by molar-refractivity contribution is 7.95. The van der Waals surface area contributed by atoms with Gasteiger partial charge in [0.05, 0.1) is 6.16 Å². The van der Waals surface area contributed by atoms with Crippen molar-refractivity contribution in [1.82, 2.24) is 0 Å². The third-order valence-electron chi connectivity index (χ3n) is 8.21. The standard InChI is InChI=1S/C38H56O2P.ClH/c1-6-8-29-39-38(40-30-9-7-2)16-14-12-10-11-13-15-31-41(35-23-17-32(3)18-24-35,36-25-19-33(4)20-26-36)37-27-21-34(5)22-28-37;/h17-28,38H,6-16,29-31H2,1-5H3;1H/q+1;/p-1. The van der Waals surface area contributed by atoms with Crippen LogP contribution in [0.5, 0.6) is 0 Å². The molecule has 3 rings (SSSR count). The summed E-state index contributed by atoms with van der Waals surface area (Å²) in [5.74, 6) is 0. The fourth-order valence-corrected chi connectivity index (χ4v) is 9.87. The second kappa shape index (κ2) is 20.3. The van der Waals surface area contributed by atoms with Gasteiger partial charge in [0, 0.05) is 13.2 Å². The van der Waals surface area contributed by atoms with Gasteiger partial charge in [-0.25, -0.2) is 0 Å². The van der Waals surface area contributed by atoms with Crippen LogP contribution >= 0.6 is 7.26 Å².